The molecule has 66 valence electrons. The van der Waals surface area contributed by atoms with Crippen molar-refractivity contribution in [3.63, 3.8) is 0 Å². The van der Waals surface area contributed by atoms with Crippen molar-refractivity contribution in [3.8, 4) is 11.3 Å². The summed E-state index contributed by atoms with van der Waals surface area (Å²) in [5.41, 5.74) is 1.87. The number of halogens is 1. The second kappa shape index (κ2) is 3.62. The lowest BCUT2D eigenvalue weighted by atomic mass is 10.2. The van der Waals surface area contributed by atoms with E-state index in [-0.39, 0.29) is 0 Å². The van der Waals surface area contributed by atoms with Crippen molar-refractivity contribution in [3.05, 3.63) is 42.5 Å². The maximum Gasteiger partial charge on any atom is 0.209 e. The van der Waals surface area contributed by atoms with E-state index in [1.165, 1.54) is 0 Å². The van der Waals surface area contributed by atoms with Gasteiger partial charge < -0.3 is 4.42 Å². The molecule has 0 aliphatic rings. The molecule has 2 rings (SSSR count). The average Bonchev–Trinajstić information content (AvgIpc) is 2.67. The summed E-state index contributed by atoms with van der Waals surface area (Å²) in [7, 11) is 0. The fraction of sp³-hybridized carbons (Fsp3) is 0.100. The van der Waals surface area contributed by atoms with Gasteiger partial charge in [-0.3, -0.25) is 0 Å². The SMILES string of the molecule is ClCc1nc(-c2ccccc2)co1. The van der Waals surface area contributed by atoms with Crippen LogP contribution < -0.4 is 0 Å². The summed E-state index contributed by atoms with van der Waals surface area (Å²) >= 11 is 5.57. The fourth-order valence-electron chi connectivity index (χ4n) is 1.11. The second-order valence-corrected chi connectivity index (χ2v) is 2.89. The van der Waals surface area contributed by atoms with Gasteiger partial charge in [-0.2, -0.15) is 0 Å². The Bertz CT molecular complexity index is 383. The highest BCUT2D eigenvalue weighted by Crippen LogP contribution is 2.18. The number of oxazole rings is 1. The van der Waals surface area contributed by atoms with Crippen LogP contribution in [0.15, 0.2) is 41.0 Å². The van der Waals surface area contributed by atoms with Gasteiger partial charge in [0.1, 0.15) is 12.0 Å². The Labute approximate surface area is 81.2 Å². The van der Waals surface area contributed by atoms with Crippen LogP contribution in [0.5, 0.6) is 0 Å². The summed E-state index contributed by atoms with van der Waals surface area (Å²) in [6.07, 6.45) is 1.62. The molecule has 3 heteroatoms. The molecule has 1 aromatic carbocycles. The van der Waals surface area contributed by atoms with Gasteiger partial charge in [0.25, 0.3) is 0 Å². The van der Waals surface area contributed by atoms with Crippen molar-refractivity contribution in [1.82, 2.24) is 4.98 Å². The minimum atomic E-state index is 0.312. The first kappa shape index (κ1) is 8.32. The van der Waals surface area contributed by atoms with E-state index >= 15 is 0 Å². The first-order chi connectivity index (χ1) is 6.40. The van der Waals surface area contributed by atoms with Gasteiger partial charge in [0.05, 0.1) is 5.88 Å². The van der Waals surface area contributed by atoms with Gasteiger partial charge in [-0.1, -0.05) is 30.3 Å². The highest BCUT2D eigenvalue weighted by Gasteiger charge is 2.03. The van der Waals surface area contributed by atoms with Crippen LogP contribution in [0.25, 0.3) is 11.3 Å². The summed E-state index contributed by atoms with van der Waals surface area (Å²) in [6, 6.07) is 9.85. The normalized spacial score (nSPS) is 10.2. The highest BCUT2D eigenvalue weighted by atomic mass is 35.5. The molecule has 0 atom stereocenters. The molecular weight excluding hydrogens is 186 g/mol. The Balaban J connectivity index is 2.36. The molecule has 0 spiro atoms. The lowest BCUT2D eigenvalue weighted by Gasteiger charge is -1.91. The lowest BCUT2D eigenvalue weighted by Crippen LogP contribution is -1.78. The van der Waals surface area contributed by atoms with E-state index in [1.807, 2.05) is 30.3 Å². The van der Waals surface area contributed by atoms with E-state index < -0.39 is 0 Å². The van der Waals surface area contributed by atoms with Crippen LogP contribution in [0.2, 0.25) is 0 Å². The van der Waals surface area contributed by atoms with Crippen LogP contribution in [-0.2, 0) is 5.88 Å². The monoisotopic (exact) mass is 193 g/mol. The van der Waals surface area contributed by atoms with E-state index in [9.17, 15) is 0 Å². The number of rotatable bonds is 2. The van der Waals surface area contributed by atoms with Crippen molar-refractivity contribution in [1.29, 1.82) is 0 Å². The summed E-state index contributed by atoms with van der Waals surface area (Å²) < 4.78 is 5.13. The van der Waals surface area contributed by atoms with Crippen molar-refractivity contribution in [2.75, 3.05) is 0 Å². The zero-order valence-electron chi connectivity index (χ0n) is 6.90. The molecular formula is C10H8ClNO. The quantitative estimate of drug-likeness (QED) is 0.686. The Hall–Kier alpha value is -1.28. The van der Waals surface area contributed by atoms with Crippen molar-refractivity contribution < 1.29 is 4.42 Å². The van der Waals surface area contributed by atoms with E-state index in [1.54, 1.807) is 6.26 Å². The highest BCUT2D eigenvalue weighted by molar-refractivity contribution is 6.16. The molecule has 1 heterocycles. The van der Waals surface area contributed by atoms with Gasteiger partial charge in [-0.15, -0.1) is 11.6 Å². The van der Waals surface area contributed by atoms with Crippen LogP contribution in [0.3, 0.4) is 0 Å². The predicted octanol–water partition coefficient (Wildman–Crippen LogP) is 3.08. The number of nitrogens with zero attached hydrogens (tertiary/aromatic N) is 1. The lowest BCUT2D eigenvalue weighted by molar-refractivity contribution is 0.516. The molecule has 0 aliphatic heterocycles. The number of hydrogen-bond donors (Lipinski definition) is 0. The number of aromatic nitrogens is 1. The first-order valence-corrected chi connectivity index (χ1v) is 4.49. The van der Waals surface area contributed by atoms with Crippen LogP contribution in [0, 0.1) is 0 Å². The summed E-state index contributed by atoms with van der Waals surface area (Å²) in [4.78, 5) is 4.20. The smallest absolute Gasteiger partial charge is 0.209 e. The molecule has 13 heavy (non-hydrogen) atoms. The molecule has 2 aromatic rings. The zero-order chi connectivity index (χ0) is 9.10. The topological polar surface area (TPSA) is 26.0 Å². The van der Waals surface area contributed by atoms with Crippen LogP contribution in [-0.4, -0.2) is 4.98 Å². The number of alkyl halides is 1. The third-order valence-corrected chi connectivity index (χ3v) is 1.96. The number of benzene rings is 1. The molecule has 0 fully saturated rings. The van der Waals surface area contributed by atoms with Gasteiger partial charge in [0.15, 0.2) is 0 Å². The molecule has 0 unspecified atom stereocenters. The van der Waals surface area contributed by atoms with Crippen molar-refractivity contribution >= 4 is 11.6 Å². The second-order valence-electron chi connectivity index (χ2n) is 2.63. The van der Waals surface area contributed by atoms with E-state index in [4.69, 9.17) is 16.0 Å². The van der Waals surface area contributed by atoms with Crippen LogP contribution >= 0.6 is 11.6 Å². The molecule has 0 radical (unpaired) electrons. The Kier molecular flexibility index (Phi) is 2.32. The molecule has 2 nitrogen and oxygen atoms in total. The predicted molar refractivity (Wildman–Crippen MR) is 51.5 cm³/mol. The Morgan fingerprint density at radius 1 is 1.23 bits per heavy atom. The van der Waals surface area contributed by atoms with Crippen molar-refractivity contribution in [2.24, 2.45) is 0 Å². The largest absolute Gasteiger partial charge is 0.447 e. The maximum absolute atomic E-state index is 5.57. The third-order valence-electron chi connectivity index (χ3n) is 1.74. The van der Waals surface area contributed by atoms with E-state index in [0.29, 0.717) is 11.8 Å². The Morgan fingerprint density at radius 3 is 2.62 bits per heavy atom. The molecule has 0 saturated carbocycles. The third kappa shape index (κ3) is 1.73. The standard InChI is InChI=1S/C10H8ClNO/c11-6-10-12-9(7-13-10)8-4-2-1-3-5-8/h1-5,7H,6H2. The number of hydrogen-bond acceptors (Lipinski definition) is 2. The van der Waals surface area contributed by atoms with E-state index in [0.717, 1.165) is 11.3 Å². The first-order valence-electron chi connectivity index (χ1n) is 3.96. The minimum Gasteiger partial charge on any atom is -0.447 e. The fourth-order valence-corrected chi connectivity index (χ4v) is 1.24. The molecule has 0 saturated heterocycles. The van der Waals surface area contributed by atoms with Gasteiger partial charge in [0.2, 0.25) is 5.89 Å². The van der Waals surface area contributed by atoms with Gasteiger partial charge in [-0.05, 0) is 0 Å². The van der Waals surface area contributed by atoms with Crippen LogP contribution in [0.4, 0.5) is 0 Å². The zero-order valence-corrected chi connectivity index (χ0v) is 7.66. The average molecular weight is 194 g/mol. The molecule has 0 bridgehead atoms. The summed E-state index contributed by atoms with van der Waals surface area (Å²) in [6.45, 7) is 0. The van der Waals surface area contributed by atoms with Crippen LogP contribution in [0.1, 0.15) is 5.89 Å². The van der Waals surface area contributed by atoms with Gasteiger partial charge >= 0.3 is 0 Å². The van der Waals surface area contributed by atoms with Crippen molar-refractivity contribution in [2.45, 2.75) is 5.88 Å². The minimum absolute atomic E-state index is 0.312. The summed E-state index contributed by atoms with van der Waals surface area (Å²) in [5, 5.41) is 0. The summed E-state index contributed by atoms with van der Waals surface area (Å²) in [5.74, 6) is 0.868. The van der Waals surface area contributed by atoms with Gasteiger partial charge in [-0.25, -0.2) is 4.98 Å². The maximum atomic E-state index is 5.57. The Morgan fingerprint density at radius 2 is 2.00 bits per heavy atom. The molecule has 1 aromatic heterocycles. The molecule has 0 aliphatic carbocycles. The molecule has 0 N–H and O–H groups in total. The molecule has 0 amide bonds. The van der Waals surface area contributed by atoms with Gasteiger partial charge in [0, 0.05) is 5.56 Å². The van der Waals surface area contributed by atoms with E-state index in [2.05, 4.69) is 4.98 Å².